The molecule has 1 aromatic carbocycles. The largest absolute Gasteiger partial charge is 0.300 e. The fourth-order valence-electron chi connectivity index (χ4n) is 1.86. The molecule has 3 aromatic rings. The van der Waals surface area contributed by atoms with Crippen LogP contribution in [0, 0.1) is 0 Å². The molecule has 0 atom stereocenters. The molecule has 8 heteroatoms. The van der Waals surface area contributed by atoms with Crippen molar-refractivity contribution in [3.05, 3.63) is 57.3 Å². The quantitative estimate of drug-likeness (QED) is 0.720. The zero-order valence-corrected chi connectivity index (χ0v) is 11.5. The Morgan fingerprint density at radius 1 is 1.10 bits per heavy atom. The van der Waals surface area contributed by atoms with Crippen molar-refractivity contribution in [2.24, 2.45) is 0 Å². The summed E-state index contributed by atoms with van der Waals surface area (Å²) in [4.78, 5) is 12.2. The van der Waals surface area contributed by atoms with E-state index in [1.807, 2.05) is 0 Å². The van der Waals surface area contributed by atoms with E-state index in [-0.39, 0.29) is 5.65 Å². The number of rotatable bonds is 2. The fourth-order valence-corrected chi connectivity index (χ4v) is 2.12. The highest BCUT2D eigenvalue weighted by Crippen LogP contribution is 2.17. The van der Waals surface area contributed by atoms with Crippen LogP contribution in [0.2, 0.25) is 0 Å². The second-order valence-electron chi connectivity index (χ2n) is 4.00. The third-order valence-corrected chi connectivity index (χ3v) is 3.33. The first-order valence-electron chi connectivity index (χ1n) is 5.58. The van der Waals surface area contributed by atoms with Gasteiger partial charge in [-0.15, -0.1) is 10.2 Å². The lowest BCUT2D eigenvalue weighted by Crippen LogP contribution is -2.20. The molecule has 0 saturated carbocycles. The second-order valence-corrected chi connectivity index (χ2v) is 4.92. The van der Waals surface area contributed by atoms with Crippen molar-refractivity contribution in [3.8, 4) is 5.69 Å². The molecule has 102 valence electrons. The fraction of sp³-hybridized carbons (Fsp3) is 0.0833. The van der Waals surface area contributed by atoms with Gasteiger partial charge in [0.2, 0.25) is 11.5 Å². The van der Waals surface area contributed by atoms with Crippen molar-refractivity contribution < 1.29 is 8.78 Å². The first kappa shape index (κ1) is 12.9. The molecule has 2 heterocycles. The molecular weight excluding hydrogens is 334 g/mol. The third-order valence-electron chi connectivity index (χ3n) is 2.80. The lowest BCUT2D eigenvalue weighted by molar-refractivity contribution is 0.139. The minimum Gasteiger partial charge on any atom is -0.280 e. The van der Waals surface area contributed by atoms with E-state index in [2.05, 4.69) is 26.1 Å². The first-order chi connectivity index (χ1) is 9.58. The highest BCUT2D eigenvalue weighted by Gasteiger charge is 2.18. The average Bonchev–Trinajstić information content (AvgIpc) is 2.85. The highest BCUT2D eigenvalue weighted by atomic mass is 79.9. The van der Waals surface area contributed by atoms with Crippen molar-refractivity contribution in [1.29, 1.82) is 0 Å². The molecule has 0 aliphatic carbocycles. The molecule has 5 nitrogen and oxygen atoms in total. The number of halogens is 3. The summed E-state index contributed by atoms with van der Waals surface area (Å²) in [6, 6.07) is 7.01. The minimum atomic E-state index is -2.78. The summed E-state index contributed by atoms with van der Waals surface area (Å²) in [5, 5.41) is 6.88. The van der Waals surface area contributed by atoms with Crippen LogP contribution in [0.25, 0.3) is 11.3 Å². The maximum absolute atomic E-state index is 12.7. The number of nitrogens with zero attached hydrogens (tertiary/aromatic N) is 4. The predicted molar refractivity (Wildman–Crippen MR) is 71.2 cm³/mol. The van der Waals surface area contributed by atoms with Crippen molar-refractivity contribution in [2.45, 2.75) is 6.43 Å². The molecule has 20 heavy (non-hydrogen) atoms. The minimum absolute atomic E-state index is 0.134. The molecule has 0 spiro atoms. The maximum Gasteiger partial charge on any atom is 0.300 e. The zero-order chi connectivity index (χ0) is 14.3. The van der Waals surface area contributed by atoms with E-state index in [1.165, 1.54) is 17.0 Å². The predicted octanol–water partition coefficient (Wildman–Crippen LogP) is 2.58. The van der Waals surface area contributed by atoms with Crippen LogP contribution in [0.4, 0.5) is 8.78 Å². The summed E-state index contributed by atoms with van der Waals surface area (Å²) in [7, 11) is 0. The van der Waals surface area contributed by atoms with E-state index < -0.39 is 17.8 Å². The Labute approximate surface area is 119 Å². The van der Waals surface area contributed by atoms with Crippen LogP contribution < -0.4 is 5.56 Å². The maximum atomic E-state index is 12.7. The molecule has 0 unspecified atom stereocenters. The van der Waals surface area contributed by atoms with E-state index in [0.717, 1.165) is 8.87 Å². The van der Waals surface area contributed by atoms with Gasteiger partial charge in [-0.05, 0) is 24.3 Å². The molecule has 0 aliphatic rings. The van der Waals surface area contributed by atoms with Crippen molar-refractivity contribution >= 4 is 21.6 Å². The van der Waals surface area contributed by atoms with Gasteiger partial charge < -0.3 is 0 Å². The SMILES string of the molecule is O=c1c2nnc(C(F)F)n2ccn1-c1ccc(Br)cc1. The smallest absolute Gasteiger partial charge is 0.280 e. The molecule has 0 amide bonds. The van der Waals surface area contributed by atoms with E-state index in [9.17, 15) is 13.6 Å². The Hall–Kier alpha value is -2.09. The molecule has 0 N–H and O–H groups in total. The van der Waals surface area contributed by atoms with Gasteiger partial charge in [0.25, 0.3) is 6.43 Å². The molecule has 0 aliphatic heterocycles. The van der Waals surface area contributed by atoms with Crippen LogP contribution in [0.15, 0.2) is 45.9 Å². The van der Waals surface area contributed by atoms with Crippen LogP contribution in [-0.4, -0.2) is 19.2 Å². The number of benzene rings is 1. The highest BCUT2D eigenvalue weighted by molar-refractivity contribution is 9.10. The van der Waals surface area contributed by atoms with Crippen molar-refractivity contribution in [1.82, 2.24) is 19.2 Å². The number of fused-ring (bicyclic) bond motifs is 1. The van der Waals surface area contributed by atoms with Crippen LogP contribution in [0.1, 0.15) is 12.2 Å². The van der Waals surface area contributed by atoms with Crippen LogP contribution in [0.3, 0.4) is 0 Å². The number of alkyl halides is 2. The topological polar surface area (TPSA) is 52.2 Å². The van der Waals surface area contributed by atoms with Gasteiger partial charge in [0.05, 0.1) is 0 Å². The summed E-state index contributed by atoms with van der Waals surface area (Å²) in [6.07, 6.45) is -0.0263. The summed E-state index contributed by atoms with van der Waals surface area (Å²) >= 11 is 3.30. The number of hydrogen-bond acceptors (Lipinski definition) is 3. The van der Waals surface area contributed by atoms with Gasteiger partial charge in [-0.1, -0.05) is 15.9 Å². The van der Waals surface area contributed by atoms with Gasteiger partial charge in [-0.25, -0.2) is 8.78 Å². The van der Waals surface area contributed by atoms with Gasteiger partial charge in [0.15, 0.2) is 0 Å². The first-order valence-corrected chi connectivity index (χ1v) is 6.37. The summed E-state index contributed by atoms with van der Waals surface area (Å²) < 4.78 is 28.6. The molecular formula is C12H7BrF2N4O. The van der Waals surface area contributed by atoms with Gasteiger partial charge in [0, 0.05) is 22.6 Å². The molecule has 0 radical (unpaired) electrons. The molecule has 0 bridgehead atoms. The lowest BCUT2D eigenvalue weighted by Gasteiger charge is -2.06. The van der Waals surface area contributed by atoms with Crippen molar-refractivity contribution in [2.75, 3.05) is 0 Å². The number of hydrogen-bond donors (Lipinski definition) is 0. The molecule has 2 aromatic heterocycles. The molecule has 0 fully saturated rings. The zero-order valence-electron chi connectivity index (χ0n) is 9.87. The monoisotopic (exact) mass is 340 g/mol. The van der Waals surface area contributed by atoms with Gasteiger partial charge in [-0.2, -0.15) is 0 Å². The van der Waals surface area contributed by atoms with Crippen LogP contribution in [0.5, 0.6) is 0 Å². The lowest BCUT2D eigenvalue weighted by atomic mass is 10.3. The van der Waals surface area contributed by atoms with E-state index in [0.29, 0.717) is 5.69 Å². The average molecular weight is 341 g/mol. The third kappa shape index (κ3) is 2.01. The molecule has 3 rings (SSSR count). The Bertz CT molecular complexity index is 826. The Morgan fingerprint density at radius 2 is 1.80 bits per heavy atom. The second kappa shape index (κ2) is 4.78. The summed E-state index contributed by atoms with van der Waals surface area (Å²) in [6.45, 7) is 0. The van der Waals surface area contributed by atoms with Crippen LogP contribution >= 0.6 is 15.9 Å². The Morgan fingerprint density at radius 3 is 2.45 bits per heavy atom. The summed E-state index contributed by atoms with van der Waals surface area (Å²) in [5.74, 6) is -0.542. The van der Waals surface area contributed by atoms with E-state index in [1.54, 1.807) is 24.3 Å². The normalized spacial score (nSPS) is 11.4. The van der Waals surface area contributed by atoms with E-state index >= 15 is 0 Å². The van der Waals surface area contributed by atoms with E-state index in [4.69, 9.17) is 0 Å². The standard InChI is InChI=1S/C12H7BrF2N4O/c13-7-1-3-8(4-2-7)18-5-6-19-10(9(14)15)16-17-11(19)12(18)20/h1-6,9H. The molecule has 0 saturated heterocycles. The van der Waals surface area contributed by atoms with Crippen LogP contribution in [-0.2, 0) is 0 Å². The van der Waals surface area contributed by atoms with Gasteiger partial charge in [0.1, 0.15) is 0 Å². The van der Waals surface area contributed by atoms with Gasteiger partial charge in [-0.3, -0.25) is 13.8 Å². The Balaban J connectivity index is 2.22. The number of aromatic nitrogens is 4. The van der Waals surface area contributed by atoms with Gasteiger partial charge >= 0.3 is 5.56 Å². The Kier molecular flexibility index (Phi) is 3.09. The van der Waals surface area contributed by atoms with Crippen molar-refractivity contribution in [3.63, 3.8) is 0 Å². The summed E-state index contributed by atoms with van der Waals surface area (Å²) in [5.41, 5.74) is -0.0257.